The van der Waals surface area contributed by atoms with E-state index in [4.69, 9.17) is 14.5 Å². The lowest BCUT2D eigenvalue weighted by Gasteiger charge is -2.24. The minimum Gasteiger partial charge on any atom is -0.497 e. The van der Waals surface area contributed by atoms with E-state index in [-0.39, 0.29) is 0 Å². The van der Waals surface area contributed by atoms with Crippen molar-refractivity contribution in [2.45, 2.75) is 6.23 Å². The van der Waals surface area contributed by atoms with Gasteiger partial charge in [0, 0.05) is 25.4 Å². The summed E-state index contributed by atoms with van der Waals surface area (Å²) in [6.07, 6.45) is 2.43. The third-order valence-corrected chi connectivity index (χ3v) is 5.39. The highest BCUT2D eigenvalue weighted by atomic mass is 32.1. The van der Waals surface area contributed by atoms with Crippen molar-refractivity contribution in [2.75, 3.05) is 38.0 Å². The van der Waals surface area contributed by atoms with Crippen LogP contribution in [-0.4, -0.2) is 59.1 Å². The molecule has 160 valence electrons. The molecule has 4 rings (SSSR count). The molecule has 1 atom stereocenters. The van der Waals surface area contributed by atoms with Gasteiger partial charge in [-0.15, -0.1) is 11.3 Å². The van der Waals surface area contributed by atoms with Crippen molar-refractivity contribution in [3.63, 3.8) is 0 Å². The lowest BCUT2D eigenvalue weighted by molar-refractivity contribution is 0.210. The molecule has 0 aliphatic carbocycles. The van der Waals surface area contributed by atoms with E-state index in [2.05, 4.69) is 20.3 Å². The average molecular weight is 439 g/mol. The molecule has 10 heteroatoms. The molecular formula is C21H22N6O3S. The van der Waals surface area contributed by atoms with Crippen molar-refractivity contribution in [2.24, 2.45) is 0 Å². The Kier molecular flexibility index (Phi) is 6.10. The Morgan fingerprint density at radius 2 is 2.00 bits per heavy atom. The molecular weight excluding hydrogens is 416 g/mol. The van der Waals surface area contributed by atoms with Gasteiger partial charge < -0.3 is 24.8 Å². The number of thiophene rings is 1. The summed E-state index contributed by atoms with van der Waals surface area (Å²) in [7, 11) is 5.04. The average Bonchev–Trinajstić information content (AvgIpc) is 3.27. The summed E-state index contributed by atoms with van der Waals surface area (Å²) in [5, 5.41) is 16.5. The van der Waals surface area contributed by atoms with Gasteiger partial charge in [0.25, 0.3) is 0 Å². The number of aliphatic hydroxyl groups excluding tert-OH is 1. The first-order valence-corrected chi connectivity index (χ1v) is 10.4. The van der Waals surface area contributed by atoms with Gasteiger partial charge in [0.2, 0.25) is 5.88 Å². The van der Waals surface area contributed by atoms with Crippen LogP contribution in [0.5, 0.6) is 11.6 Å². The summed E-state index contributed by atoms with van der Waals surface area (Å²) in [5.41, 5.74) is 1.30. The van der Waals surface area contributed by atoms with Crippen LogP contribution in [0, 0.1) is 0 Å². The second kappa shape index (κ2) is 9.11. The number of aromatic nitrogens is 4. The Labute approximate surface area is 183 Å². The first-order valence-electron chi connectivity index (χ1n) is 9.49. The number of nitrogens with one attached hydrogen (secondary N) is 1. The van der Waals surface area contributed by atoms with E-state index in [0.29, 0.717) is 41.2 Å². The first kappa shape index (κ1) is 20.8. The second-order valence-corrected chi connectivity index (χ2v) is 7.62. The summed E-state index contributed by atoms with van der Waals surface area (Å²) in [6, 6.07) is 9.07. The minimum atomic E-state index is -0.845. The smallest absolute Gasteiger partial charge is 0.213 e. The van der Waals surface area contributed by atoms with Crippen LogP contribution in [0.25, 0.3) is 21.7 Å². The fourth-order valence-corrected chi connectivity index (χ4v) is 3.83. The zero-order chi connectivity index (χ0) is 21.8. The van der Waals surface area contributed by atoms with Gasteiger partial charge in [-0.2, -0.15) is 0 Å². The number of likely N-dealkylation sites (N-methyl/N-ethyl adjacent to an activating group) is 1. The van der Waals surface area contributed by atoms with Crippen LogP contribution in [0.15, 0.2) is 48.1 Å². The van der Waals surface area contributed by atoms with Gasteiger partial charge >= 0.3 is 0 Å². The Balaban J connectivity index is 1.57. The highest BCUT2D eigenvalue weighted by molar-refractivity contribution is 7.16. The van der Waals surface area contributed by atoms with Gasteiger partial charge in [0.15, 0.2) is 5.82 Å². The summed E-state index contributed by atoms with van der Waals surface area (Å²) >= 11 is 1.53. The van der Waals surface area contributed by atoms with Gasteiger partial charge in [-0.3, -0.25) is 4.98 Å². The van der Waals surface area contributed by atoms with E-state index in [1.165, 1.54) is 11.3 Å². The van der Waals surface area contributed by atoms with E-state index in [9.17, 15) is 5.11 Å². The maximum atomic E-state index is 10.6. The third kappa shape index (κ3) is 4.65. The van der Waals surface area contributed by atoms with Crippen LogP contribution in [0.2, 0.25) is 0 Å². The number of methoxy groups -OCH3 is 2. The number of anilines is 2. The molecule has 0 bridgehead atoms. The fourth-order valence-electron chi connectivity index (χ4n) is 3.08. The molecule has 0 saturated carbocycles. The predicted octanol–water partition coefficient (Wildman–Crippen LogP) is 3.03. The number of hydrogen-bond acceptors (Lipinski definition) is 10. The maximum absolute atomic E-state index is 10.6. The Morgan fingerprint density at radius 1 is 1.13 bits per heavy atom. The second-order valence-electron chi connectivity index (χ2n) is 6.72. The number of pyridine rings is 2. The molecule has 0 aromatic carbocycles. The molecule has 9 nitrogen and oxygen atoms in total. The predicted molar refractivity (Wildman–Crippen MR) is 121 cm³/mol. The SMILES string of the molecule is COc1ccnc(-c2nc(N(C)CC(O)Nc3ccc(OC)nc3)c3ccsc3n2)c1. The third-order valence-electron chi connectivity index (χ3n) is 4.59. The summed E-state index contributed by atoms with van der Waals surface area (Å²) in [6.45, 7) is 0.291. The van der Waals surface area contributed by atoms with E-state index in [0.717, 1.165) is 10.2 Å². The molecule has 0 aliphatic heterocycles. The fraction of sp³-hybridized carbons (Fsp3) is 0.238. The van der Waals surface area contributed by atoms with Crippen molar-refractivity contribution in [1.29, 1.82) is 0 Å². The normalized spacial score (nSPS) is 11.9. The highest BCUT2D eigenvalue weighted by Gasteiger charge is 2.17. The van der Waals surface area contributed by atoms with Crippen LogP contribution >= 0.6 is 11.3 Å². The molecule has 0 amide bonds. The largest absolute Gasteiger partial charge is 0.497 e. The molecule has 0 radical (unpaired) electrons. The lowest BCUT2D eigenvalue weighted by Crippen LogP contribution is -2.34. The van der Waals surface area contributed by atoms with Crippen LogP contribution in [0.3, 0.4) is 0 Å². The van der Waals surface area contributed by atoms with Gasteiger partial charge in [-0.05, 0) is 23.6 Å². The van der Waals surface area contributed by atoms with Crippen molar-refractivity contribution in [3.8, 4) is 23.1 Å². The molecule has 31 heavy (non-hydrogen) atoms. The zero-order valence-corrected chi connectivity index (χ0v) is 18.1. The number of aliphatic hydroxyl groups is 1. The Morgan fingerprint density at radius 3 is 2.74 bits per heavy atom. The highest BCUT2D eigenvalue weighted by Crippen LogP contribution is 2.30. The molecule has 4 aromatic rings. The van der Waals surface area contributed by atoms with Gasteiger partial charge in [0.05, 0.1) is 38.0 Å². The molecule has 0 spiro atoms. The molecule has 2 N–H and O–H groups in total. The molecule has 0 aliphatic rings. The van der Waals surface area contributed by atoms with Gasteiger partial charge in [0.1, 0.15) is 28.3 Å². The van der Waals surface area contributed by atoms with Crippen LogP contribution in [-0.2, 0) is 0 Å². The number of nitrogens with zero attached hydrogens (tertiary/aromatic N) is 5. The summed E-state index contributed by atoms with van der Waals surface area (Å²) in [5.74, 6) is 2.40. The van der Waals surface area contributed by atoms with Crippen molar-refractivity contribution in [3.05, 3.63) is 48.1 Å². The number of ether oxygens (including phenoxy) is 2. The van der Waals surface area contributed by atoms with Crippen LogP contribution < -0.4 is 19.7 Å². The van der Waals surface area contributed by atoms with Crippen LogP contribution in [0.4, 0.5) is 11.5 Å². The molecule has 0 saturated heterocycles. The van der Waals surface area contributed by atoms with E-state index in [1.807, 2.05) is 23.4 Å². The monoisotopic (exact) mass is 438 g/mol. The van der Waals surface area contributed by atoms with Crippen molar-refractivity contribution < 1.29 is 14.6 Å². The zero-order valence-electron chi connectivity index (χ0n) is 17.3. The quantitative estimate of drug-likeness (QED) is 0.402. The minimum absolute atomic E-state index is 0.291. The van der Waals surface area contributed by atoms with Gasteiger partial charge in [-0.25, -0.2) is 15.0 Å². The molecule has 1 unspecified atom stereocenters. The number of rotatable bonds is 8. The molecule has 4 heterocycles. The Bertz CT molecular complexity index is 1170. The maximum Gasteiger partial charge on any atom is 0.213 e. The number of fused-ring (bicyclic) bond motifs is 1. The summed E-state index contributed by atoms with van der Waals surface area (Å²) in [4.78, 5) is 20.6. The van der Waals surface area contributed by atoms with E-state index >= 15 is 0 Å². The number of hydrogen-bond donors (Lipinski definition) is 2. The topological polar surface area (TPSA) is 106 Å². The lowest BCUT2D eigenvalue weighted by atomic mass is 10.3. The molecule has 4 aromatic heterocycles. The van der Waals surface area contributed by atoms with E-state index < -0.39 is 6.23 Å². The Hall–Kier alpha value is -3.50. The van der Waals surface area contributed by atoms with Crippen molar-refractivity contribution >= 4 is 33.1 Å². The van der Waals surface area contributed by atoms with Crippen LogP contribution in [0.1, 0.15) is 0 Å². The standard InChI is InChI=1S/C21H22N6O3S/c1-27(12-17(28)24-13-4-5-18(30-3)23-11-13)20-15-7-9-31-21(15)26-19(25-20)16-10-14(29-2)6-8-22-16/h4-11,17,24,28H,12H2,1-3H3. The van der Waals surface area contributed by atoms with E-state index in [1.54, 1.807) is 50.9 Å². The molecule has 0 fully saturated rings. The first-order chi connectivity index (χ1) is 15.1. The van der Waals surface area contributed by atoms with Crippen molar-refractivity contribution in [1.82, 2.24) is 19.9 Å². The van der Waals surface area contributed by atoms with Gasteiger partial charge in [-0.1, -0.05) is 0 Å². The summed E-state index contributed by atoms with van der Waals surface area (Å²) < 4.78 is 10.3.